The zero-order chi connectivity index (χ0) is 16.1. The second-order valence-electron chi connectivity index (χ2n) is 5.57. The van der Waals surface area contributed by atoms with Gasteiger partial charge in [-0.2, -0.15) is 0 Å². The fourth-order valence-corrected chi connectivity index (χ4v) is 2.56. The Balaban J connectivity index is 1.97. The van der Waals surface area contributed by atoms with Gasteiger partial charge in [0.05, 0.1) is 5.92 Å². The fraction of sp³-hybridized carbons (Fsp3) is 0.438. The van der Waals surface area contributed by atoms with E-state index in [1.54, 1.807) is 17.0 Å². The van der Waals surface area contributed by atoms with Crippen molar-refractivity contribution in [3.8, 4) is 0 Å². The number of hydrogen-bond donors (Lipinski definition) is 2. The fourth-order valence-electron chi connectivity index (χ4n) is 2.56. The van der Waals surface area contributed by atoms with Gasteiger partial charge < -0.3 is 15.3 Å². The van der Waals surface area contributed by atoms with Gasteiger partial charge in [0.2, 0.25) is 5.91 Å². The highest BCUT2D eigenvalue weighted by Gasteiger charge is 2.28. The van der Waals surface area contributed by atoms with Crippen LogP contribution in [-0.2, 0) is 9.59 Å². The first-order chi connectivity index (χ1) is 10.5. The second kappa shape index (κ2) is 7.06. The Morgan fingerprint density at radius 2 is 1.95 bits per heavy atom. The lowest BCUT2D eigenvalue weighted by Crippen LogP contribution is -2.46. The Labute approximate surface area is 129 Å². The number of amides is 2. The highest BCUT2D eigenvalue weighted by molar-refractivity contribution is 5.94. The molecule has 1 fully saturated rings. The summed E-state index contributed by atoms with van der Waals surface area (Å²) in [6.45, 7) is 2.52. The van der Waals surface area contributed by atoms with Crippen LogP contribution in [0.3, 0.4) is 0 Å². The smallest absolute Gasteiger partial charge is 0.322 e. The van der Waals surface area contributed by atoms with Gasteiger partial charge in [0.1, 0.15) is 6.54 Å². The predicted molar refractivity (Wildman–Crippen MR) is 80.5 cm³/mol. The number of likely N-dealkylation sites (tertiary alicyclic amines) is 1. The van der Waals surface area contributed by atoms with Gasteiger partial charge in [-0.3, -0.25) is 14.4 Å². The monoisotopic (exact) mass is 304 g/mol. The zero-order valence-electron chi connectivity index (χ0n) is 12.5. The molecule has 1 aliphatic rings. The van der Waals surface area contributed by atoms with Crippen LogP contribution in [-0.4, -0.2) is 47.4 Å². The van der Waals surface area contributed by atoms with E-state index in [1.807, 2.05) is 19.1 Å². The summed E-state index contributed by atoms with van der Waals surface area (Å²) >= 11 is 0. The Kier molecular flexibility index (Phi) is 5.14. The van der Waals surface area contributed by atoms with Gasteiger partial charge in [0.25, 0.3) is 5.91 Å². The summed E-state index contributed by atoms with van der Waals surface area (Å²) in [6.07, 6.45) is 1.41. The maximum Gasteiger partial charge on any atom is 0.322 e. The van der Waals surface area contributed by atoms with Gasteiger partial charge >= 0.3 is 5.97 Å². The molecule has 1 aliphatic heterocycles. The largest absolute Gasteiger partial charge is 0.480 e. The van der Waals surface area contributed by atoms with Gasteiger partial charge in [-0.05, 0) is 31.9 Å². The van der Waals surface area contributed by atoms with Crippen molar-refractivity contribution in [1.29, 1.82) is 0 Å². The molecule has 1 saturated heterocycles. The van der Waals surface area contributed by atoms with Crippen molar-refractivity contribution in [3.63, 3.8) is 0 Å². The Bertz CT molecular complexity index is 568. The van der Waals surface area contributed by atoms with Crippen molar-refractivity contribution in [3.05, 3.63) is 35.4 Å². The van der Waals surface area contributed by atoms with E-state index in [0.29, 0.717) is 25.1 Å². The molecule has 2 amide bonds. The summed E-state index contributed by atoms with van der Waals surface area (Å²) in [5.41, 5.74) is 1.69. The number of benzene rings is 1. The van der Waals surface area contributed by atoms with Crippen molar-refractivity contribution >= 4 is 17.8 Å². The molecule has 1 atom stereocenters. The third-order valence-corrected chi connectivity index (χ3v) is 3.79. The Morgan fingerprint density at radius 1 is 1.27 bits per heavy atom. The number of hydrogen-bond acceptors (Lipinski definition) is 3. The number of carbonyl (C=O) groups is 3. The number of carboxylic acids is 1. The molecule has 0 aromatic heterocycles. The first-order valence-corrected chi connectivity index (χ1v) is 7.33. The molecular formula is C16H20N2O4. The summed E-state index contributed by atoms with van der Waals surface area (Å²) in [6, 6.07) is 7.33. The molecule has 0 saturated carbocycles. The van der Waals surface area contributed by atoms with Crippen LogP contribution in [0.15, 0.2) is 24.3 Å². The maximum absolute atomic E-state index is 12.4. The van der Waals surface area contributed by atoms with E-state index < -0.39 is 5.97 Å². The highest BCUT2D eigenvalue weighted by Crippen LogP contribution is 2.19. The summed E-state index contributed by atoms with van der Waals surface area (Å²) in [7, 11) is 0. The molecule has 1 unspecified atom stereocenters. The predicted octanol–water partition coefficient (Wildman–Crippen LogP) is 1.05. The maximum atomic E-state index is 12.4. The molecule has 0 spiro atoms. The number of nitrogens with one attached hydrogen (secondary N) is 1. The first-order valence-electron chi connectivity index (χ1n) is 7.33. The summed E-state index contributed by atoms with van der Waals surface area (Å²) in [5, 5.41) is 11.0. The molecule has 118 valence electrons. The van der Waals surface area contributed by atoms with Crippen LogP contribution < -0.4 is 5.32 Å². The molecule has 1 heterocycles. The van der Waals surface area contributed by atoms with Gasteiger partial charge in [-0.1, -0.05) is 17.7 Å². The summed E-state index contributed by atoms with van der Waals surface area (Å²) in [4.78, 5) is 36.5. The quantitative estimate of drug-likeness (QED) is 0.870. The van der Waals surface area contributed by atoms with Gasteiger partial charge in [0, 0.05) is 18.7 Å². The van der Waals surface area contributed by atoms with Crippen LogP contribution in [0.4, 0.5) is 0 Å². The van der Waals surface area contributed by atoms with E-state index in [9.17, 15) is 14.4 Å². The minimum Gasteiger partial charge on any atom is -0.480 e. The summed E-state index contributed by atoms with van der Waals surface area (Å²) < 4.78 is 0. The number of rotatable bonds is 4. The van der Waals surface area contributed by atoms with Gasteiger partial charge in [-0.15, -0.1) is 0 Å². The number of nitrogens with zero attached hydrogens (tertiary/aromatic N) is 1. The first kappa shape index (κ1) is 16.0. The minimum absolute atomic E-state index is 0.0873. The van der Waals surface area contributed by atoms with Crippen molar-refractivity contribution in [2.75, 3.05) is 19.6 Å². The zero-order valence-corrected chi connectivity index (χ0v) is 12.5. The summed E-state index contributed by atoms with van der Waals surface area (Å²) in [5.74, 6) is -1.81. The van der Waals surface area contributed by atoms with Crippen molar-refractivity contribution in [2.24, 2.45) is 5.92 Å². The van der Waals surface area contributed by atoms with Gasteiger partial charge in [0.15, 0.2) is 0 Å². The van der Waals surface area contributed by atoms with E-state index in [4.69, 9.17) is 5.11 Å². The lowest BCUT2D eigenvalue weighted by atomic mass is 9.96. The second-order valence-corrected chi connectivity index (χ2v) is 5.57. The third-order valence-electron chi connectivity index (χ3n) is 3.79. The molecule has 1 aromatic rings. The molecule has 1 aromatic carbocycles. The molecule has 6 heteroatoms. The number of aryl methyl sites for hydroxylation is 1. The highest BCUT2D eigenvalue weighted by atomic mass is 16.4. The van der Waals surface area contributed by atoms with Gasteiger partial charge in [-0.25, -0.2) is 0 Å². The van der Waals surface area contributed by atoms with Crippen LogP contribution in [0.5, 0.6) is 0 Å². The lowest BCUT2D eigenvalue weighted by molar-refractivity contribution is -0.138. The molecule has 0 aliphatic carbocycles. The van der Waals surface area contributed by atoms with Crippen LogP contribution >= 0.6 is 0 Å². The van der Waals surface area contributed by atoms with Crippen LogP contribution in [0.25, 0.3) is 0 Å². The number of aliphatic carboxylic acids is 1. The van der Waals surface area contributed by atoms with Crippen molar-refractivity contribution in [1.82, 2.24) is 10.2 Å². The molecular weight excluding hydrogens is 284 g/mol. The SMILES string of the molecule is Cc1ccc(C(=O)N2CCCC(C(=O)NCC(=O)O)C2)cc1. The van der Waals surface area contributed by atoms with Crippen LogP contribution in [0.1, 0.15) is 28.8 Å². The number of piperidine rings is 1. The van der Waals surface area contributed by atoms with E-state index >= 15 is 0 Å². The molecule has 0 bridgehead atoms. The topological polar surface area (TPSA) is 86.7 Å². The van der Waals surface area contributed by atoms with Crippen LogP contribution in [0.2, 0.25) is 0 Å². The number of carbonyl (C=O) groups excluding carboxylic acids is 2. The molecule has 22 heavy (non-hydrogen) atoms. The number of carboxylic acid groups (broad SMARTS) is 1. The lowest BCUT2D eigenvalue weighted by Gasteiger charge is -2.32. The average molecular weight is 304 g/mol. The Morgan fingerprint density at radius 3 is 2.59 bits per heavy atom. The van der Waals surface area contributed by atoms with E-state index in [-0.39, 0.29) is 24.3 Å². The molecule has 0 radical (unpaired) electrons. The normalized spacial score (nSPS) is 17.9. The molecule has 2 rings (SSSR count). The standard InChI is InChI=1S/C16H20N2O4/c1-11-4-6-12(7-5-11)16(22)18-8-2-3-13(10-18)15(21)17-9-14(19)20/h4-7,13H,2-3,8-10H2,1H3,(H,17,21)(H,19,20). The third kappa shape index (κ3) is 4.07. The molecule has 6 nitrogen and oxygen atoms in total. The van der Waals surface area contributed by atoms with E-state index in [1.165, 1.54) is 0 Å². The van der Waals surface area contributed by atoms with E-state index in [2.05, 4.69) is 5.32 Å². The Hall–Kier alpha value is -2.37. The van der Waals surface area contributed by atoms with E-state index in [0.717, 1.165) is 12.0 Å². The molecule has 2 N–H and O–H groups in total. The van der Waals surface area contributed by atoms with Crippen molar-refractivity contribution in [2.45, 2.75) is 19.8 Å². The minimum atomic E-state index is -1.07. The van der Waals surface area contributed by atoms with Crippen LogP contribution in [0, 0.1) is 12.8 Å². The average Bonchev–Trinajstić information content (AvgIpc) is 2.52. The van der Waals surface area contributed by atoms with Crippen molar-refractivity contribution < 1.29 is 19.5 Å².